The van der Waals surface area contributed by atoms with Crippen molar-refractivity contribution >= 4 is 11.9 Å². The van der Waals surface area contributed by atoms with Crippen LogP contribution in [0.5, 0.6) is 0 Å². The third-order valence-corrected chi connectivity index (χ3v) is 16.1. The van der Waals surface area contributed by atoms with Crippen molar-refractivity contribution in [1.82, 2.24) is 5.32 Å². The zero-order valence-electron chi connectivity index (χ0n) is 32.0. The van der Waals surface area contributed by atoms with Gasteiger partial charge in [-0.2, -0.15) is 0 Å². The molecule has 48 heavy (non-hydrogen) atoms. The highest BCUT2D eigenvalue weighted by Crippen LogP contribution is 2.76. The summed E-state index contributed by atoms with van der Waals surface area (Å²) in [5.74, 6) is 5.68. The van der Waals surface area contributed by atoms with Crippen molar-refractivity contribution in [3.8, 4) is 12.3 Å². The van der Waals surface area contributed by atoms with Gasteiger partial charge in [0.25, 0.3) is 0 Å². The van der Waals surface area contributed by atoms with Crippen molar-refractivity contribution in [3.63, 3.8) is 0 Å². The highest BCUT2D eigenvalue weighted by atomic mass is 16.5. The second kappa shape index (κ2) is 14.1. The number of carbonyl (C=O) groups is 2. The zero-order chi connectivity index (χ0) is 35.1. The molecule has 11 atom stereocenters. The van der Waals surface area contributed by atoms with E-state index in [0.29, 0.717) is 41.9 Å². The molecule has 4 saturated carbocycles. The van der Waals surface area contributed by atoms with Gasteiger partial charge in [0.2, 0.25) is 5.91 Å². The van der Waals surface area contributed by atoms with Crippen LogP contribution in [0.3, 0.4) is 0 Å². The van der Waals surface area contributed by atoms with Gasteiger partial charge in [-0.15, -0.1) is 12.3 Å². The number of hydrogen-bond acceptors (Lipinski definition) is 4. The maximum atomic E-state index is 14.4. The normalized spacial score (nSPS) is 42.9. The lowest BCUT2D eigenvalue weighted by Gasteiger charge is -2.72. The number of hydrogen-bond donors (Lipinski definition) is 2. The average molecular weight is 663 g/mol. The minimum atomic E-state index is -0.287. The summed E-state index contributed by atoms with van der Waals surface area (Å²) in [4.78, 5) is 26.8. The van der Waals surface area contributed by atoms with E-state index in [1.165, 1.54) is 32.1 Å². The van der Waals surface area contributed by atoms with Crippen LogP contribution in [0.25, 0.3) is 0 Å². The molecule has 0 bridgehead atoms. The number of rotatable bonds is 11. The van der Waals surface area contributed by atoms with Gasteiger partial charge in [0.15, 0.2) is 0 Å². The molecule has 0 radical (unpaired) electrons. The van der Waals surface area contributed by atoms with Crippen LogP contribution in [-0.4, -0.2) is 31.1 Å². The number of carbonyl (C=O) groups excluding carboxylic acids is 2. The summed E-state index contributed by atoms with van der Waals surface area (Å²) in [7, 11) is 0. The Kier molecular flexibility index (Phi) is 11.0. The molecular formula is C43H70N2O3. The van der Waals surface area contributed by atoms with Crippen molar-refractivity contribution in [2.45, 2.75) is 158 Å². The second-order valence-corrected chi connectivity index (χ2v) is 18.7. The molecule has 0 unspecified atom stereocenters. The number of nitrogens with two attached hydrogens (primary N) is 1. The van der Waals surface area contributed by atoms with Gasteiger partial charge in [0.05, 0.1) is 5.41 Å². The van der Waals surface area contributed by atoms with Gasteiger partial charge in [0, 0.05) is 31.2 Å². The third kappa shape index (κ3) is 6.01. The van der Waals surface area contributed by atoms with E-state index in [-0.39, 0.29) is 45.1 Å². The molecule has 5 rings (SSSR count). The monoisotopic (exact) mass is 663 g/mol. The fourth-order valence-electron chi connectivity index (χ4n) is 13.3. The van der Waals surface area contributed by atoms with E-state index in [9.17, 15) is 9.59 Å². The van der Waals surface area contributed by atoms with Gasteiger partial charge < -0.3 is 15.8 Å². The van der Waals surface area contributed by atoms with E-state index in [2.05, 4.69) is 65.8 Å². The van der Waals surface area contributed by atoms with E-state index in [1.807, 2.05) is 0 Å². The summed E-state index contributed by atoms with van der Waals surface area (Å²) in [6, 6.07) is 0. The lowest BCUT2D eigenvalue weighted by atomic mass is 9.32. The van der Waals surface area contributed by atoms with Crippen molar-refractivity contribution in [2.75, 3.05) is 13.1 Å². The van der Waals surface area contributed by atoms with Crippen LogP contribution in [0.4, 0.5) is 0 Å². The number of fused-ring (bicyclic) bond motifs is 7. The van der Waals surface area contributed by atoms with Crippen LogP contribution in [-0.2, 0) is 14.3 Å². The molecule has 0 aromatic carbocycles. The SMILES string of the molecule is C#CC[C@@H]1C[C@]2(C)[C@H]3CC=C4[C@H]5[C@@H](C)[C@H](C)CC[C@]5(C(=O)NCCCCCCCCN)CC[C@@]4(C)[C@]3(C)CC[C@H]2C(C)(C)[C@H]1OC(C)=O. The second-order valence-electron chi connectivity index (χ2n) is 18.7. The Morgan fingerprint density at radius 2 is 1.65 bits per heavy atom. The Hall–Kier alpha value is -1.80. The zero-order valence-corrected chi connectivity index (χ0v) is 32.0. The number of amides is 1. The van der Waals surface area contributed by atoms with Crippen LogP contribution in [0.15, 0.2) is 11.6 Å². The summed E-state index contributed by atoms with van der Waals surface area (Å²) >= 11 is 0. The van der Waals surface area contributed by atoms with Crippen LogP contribution in [0, 0.1) is 74.9 Å². The third-order valence-electron chi connectivity index (χ3n) is 16.1. The van der Waals surface area contributed by atoms with E-state index >= 15 is 0 Å². The molecule has 0 aliphatic heterocycles. The molecule has 0 aromatic heterocycles. The Morgan fingerprint density at radius 1 is 0.958 bits per heavy atom. The first-order valence-corrected chi connectivity index (χ1v) is 19.9. The van der Waals surface area contributed by atoms with Crippen LogP contribution < -0.4 is 11.1 Å². The smallest absolute Gasteiger partial charge is 0.302 e. The summed E-state index contributed by atoms with van der Waals surface area (Å²) in [6.45, 7) is 20.5. The van der Waals surface area contributed by atoms with Crippen LogP contribution in [0.1, 0.15) is 152 Å². The molecule has 270 valence electrons. The lowest BCUT2D eigenvalue weighted by Crippen LogP contribution is -2.67. The minimum Gasteiger partial charge on any atom is -0.462 e. The summed E-state index contributed by atoms with van der Waals surface area (Å²) in [6.07, 6.45) is 24.9. The van der Waals surface area contributed by atoms with Crippen molar-refractivity contribution < 1.29 is 14.3 Å². The van der Waals surface area contributed by atoms with Gasteiger partial charge in [-0.3, -0.25) is 9.59 Å². The van der Waals surface area contributed by atoms with Gasteiger partial charge in [0.1, 0.15) is 6.10 Å². The van der Waals surface area contributed by atoms with E-state index in [4.69, 9.17) is 16.9 Å². The van der Waals surface area contributed by atoms with E-state index in [0.717, 1.165) is 70.9 Å². The number of nitrogens with one attached hydrogen (secondary N) is 1. The molecule has 3 N–H and O–H groups in total. The summed E-state index contributed by atoms with van der Waals surface area (Å²) in [5, 5.41) is 3.50. The highest BCUT2D eigenvalue weighted by Gasteiger charge is 2.70. The first kappa shape index (κ1) is 37.5. The van der Waals surface area contributed by atoms with E-state index < -0.39 is 0 Å². The Morgan fingerprint density at radius 3 is 2.31 bits per heavy atom. The Bertz CT molecular complexity index is 1260. The topological polar surface area (TPSA) is 81.4 Å². The predicted molar refractivity (Wildman–Crippen MR) is 197 cm³/mol. The van der Waals surface area contributed by atoms with Gasteiger partial charge in [-0.05, 0) is 117 Å². The average Bonchev–Trinajstić information content (AvgIpc) is 3.02. The maximum Gasteiger partial charge on any atom is 0.302 e. The first-order valence-electron chi connectivity index (χ1n) is 19.9. The maximum absolute atomic E-state index is 14.4. The quantitative estimate of drug-likeness (QED) is 0.100. The number of terminal acetylenes is 1. The van der Waals surface area contributed by atoms with Gasteiger partial charge in [-0.1, -0.05) is 85.8 Å². The lowest BCUT2D eigenvalue weighted by molar-refractivity contribution is -0.227. The standard InChI is InChI=1S/C43H70N2O3/c1-10-17-32-28-40(7)34(39(5,6)37(32)48-31(4)46)21-22-42(9)35(40)19-18-33-36-30(3)29(2)20-23-43(36,25-24-41(33,42)8)38(47)45-27-16-14-12-11-13-15-26-44/h1,18,29-30,32,34-37H,11-17,19-28,44H2,2-9H3,(H,45,47)/t29-,30+,32-,34+,35-,36-,37+,40+,41-,42-,43+/m1/s1. The molecular weight excluding hydrogens is 592 g/mol. The number of allylic oxidation sites excluding steroid dienone is 2. The summed E-state index contributed by atoms with van der Waals surface area (Å²) < 4.78 is 6.12. The Balaban J connectivity index is 1.43. The molecule has 5 nitrogen and oxygen atoms in total. The van der Waals surface area contributed by atoms with Gasteiger partial charge >= 0.3 is 5.97 Å². The minimum absolute atomic E-state index is 0.0612. The molecule has 4 fully saturated rings. The highest BCUT2D eigenvalue weighted by molar-refractivity contribution is 5.84. The first-order chi connectivity index (χ1) is 22.6. The van der Waals surface area contributed by atoms with E-state index in [1.54, 1.807) is 12.5 Å². The number of esters is 1. The molecule has 5 heteroatoms. The molecule has 5 aliphatic carbocycles. The molecule has 0 spiro atoms. The fourth-order valence-corrected chi connectivity index (χ4v) is 13.3. The summed E-state index contributed by atoms with van der Waals surface area (Å²) in [5.41, 5.74) is 7.14. The Labute approximate surface area is 294 Å². The molecule has 1 amide bonds. The van der Waals surface area contributed by atoms with Crippen molar-refractivity contribution in [2.24, 2.45) is 68.3 Å². The molecule has 0 saturated heterocycles. The van der Waals surface area contributed by atoms with Crippen LogP contribution in [0.2, 0.25) is 0 Å². The van der Waals surface area contributed by atoms with Gasteiger partial charge in [-0.25, -0.2) is 0 Å². The largest absolute Gasteiger partial charge is 0.462 e. The van der Waals surface area contributed by atoms with Crippen molar-refractivity contribution in [3.05, 3.63) is 11.6 Å². The number of ether oxygens (including phenoxy) is 1. The molecule has 5 aliphatic rings. The fraction of sp³-hybridized carbons (Fsp3) is 0.860. The number of unbranched alkanes of at least 4 members (excludes halogenated alkanes) is 5. The molecule has 0 aromatic rings. The molecule has 0 heterocycles. The van der Waals surface area contributed by atoms with Crippen LogP contribution >= 0.6 is 0 Å². The predicted octanol–water partition coefficient (Wildman–Crippen LogP) is 9.24. The van der Waals surface area contributed by atoms with Crippen molar-refractivity contribution in [1.29, 1.82) is 0 Å².